The molecule has 2 aromatic rings. The molecule has 0 heterocycles. The minimum Gasteiger partial charge on any atom is -0.219 e. The molecule has 0 N–H and O–H groups in total. The summed E-state index contributed by atoms with van der Waals surface area (Å²) in [5.74, 6) is 0. The van der Waals surface area contributed by atoms with Crippen LogP contribution in [0.25, 0.3) is 6.08 Å². The summed E-state index contributed by atoms with van der Waals surface area (Å²) < 4.78 is 25.4. The summed E-state index contributed by atoms with van der Waals surface area (Å²) in [6.45, 7) is 1.85. The minimum atomic E-state index is -3.52. The van der Waals surface area contributed by atoms with Crippen molar-refractivity contribution in [2.24, 2.45) is 0 Å². The van der Waals surface area contributed by atoms with Gasteiger partial charge in [-0.1, -0.05) is 66.8 Å². The smallest absolute Gasteiger partial charge is 0.206 e. The lowest BCUT2D eigenvalue weighted by Gasteiger charge is -2.05. The van der Waals surface area contributed by atoms with Gasteiger partial charge in [0.1, 0.15) is 0 Å². The summed E-state index contributed by atoms with van der Waals surface area (Å²) in [4.78, 5) is 0.559. The predicted octanol–water partition coefficient (Wildman–Crippen LogP) is 4.63. The molecule has 0 saturated carbocycles. The van der Waals surface area contributed by atoms with Crippen molar-refractivity contribution in [1.82, 2.24) is 0 Å². The third-order valence-electron chi connectivity index (χ3n) is 3.06. The molecule has 0 radical (unpaired) electrons. The molecule has 22 heavy (non-hydrogen) atoms. The molecule has 0 fully saturated rings. The lowest BCUT2D eigenvalue weighted by molar-refractivity contribution is 0.603. The molecule has 2 nitrogen and oxygen atoms in total. The average Bonchev–Trinajstić information content (AvgIpc) is 2.56. The second-order valence-corrected chi connectivity index (χ2v) is 6.61. The van der Waals surface area contributed by atoms with Crippen LogP contribution in [0.4, 0.5) is 0 Å². The van der Waals surface area contributed by atoms with Crippen LogP contribution in [0.15, 0.2) is 94.8 Å². The lowest BCUT2D eigenvalue weighted by Crippen LogP contribution is -2.02. The summed E-state index contributed by atoms with van der Waals surface area (Å²) in [6.07, 6.45) is 8.58. The maximum atomic E-state index is 12.7. The van der Waals surface area contributed by atoms with Crippen LogP contribution in [-0.2, 0) is 9.84 Å². The highest BCUT2D eigenvalue weighted by molar-refractivity contribution is 7.95. The zero-order valence-corrected chi connectivity index (χ0v) is 13.2. The van der Waals surface area contributed by atoms with Gasteiger partial charge in [-0.2, -0.15) is 0 Å². The third-order valence-corrected chi connectivity index (χ3v) is 4.84. The Labute approximate surface area is 132 Å². The molecule has 0 atom stereocenters. The molecule has 0 amide bonds. The van der Waals surface area contributed by atoms with Crippen LogP contribution in [-0.4, -0.2) is 8.42 Å². The first kappa shape index (κ1) is 16.0. The average molecular weight is 310 g/mol. The van der Waals surface area contributed by atoms with E-state index in [0.717, 1.165) is 5.56 Å². The molecule has 0 aromatic heterocycles. The molecular formula is C19H18O2S. The van der Waals surface area contributed by atoms with Gasteiger partial charge in [0.15, 0.2) is 0 Å². The van der Waals surface area contributed by atoms with Crippen LogP contribution in [0.2, 0.25) is 0 Å². The number of sulfone groups is 1. The fraction of sp³-hybridized carbons (Fsp3) is 0.0526. The van der Waals surface area contributed by atoms with Crippen LogP contribution in [0.5, 0.6) is 0 Å². The van der Waals surface area contributed by atoms with E-state index in [1.807, 2.05) is 37.3 Å². The van der Waals surface area contributed by atoms with Gasteiger partial charge in [0, 0.05) is 0 Å². The summed E-state index contributed by atoms with van der Waals surface area (Å²) in [5.41, 5.74) is 0.956. The van der Waals surface area contributed by atoms with Crippen molar-refractivity contribution in [2.45, 2.75) is 11.8 Å². The van der Waals surface area contributed by atoms with Crippen LogP contribution < -0.4 is 0 Å². The second kappa shape index (κ2) is 7.57. The zero-order chi connectivity index (χ0) is 15.8. The molecule has 0 aliphatic carbocycles. The second-order valence-electron chi connectivity index (χ2n) is 4.66. The van der Waals surface area contributed by atoms with Crippen molar-refractivity contribution in [1.29, 1.82) is 0 Å². The van der Waals surface area contributed by atoms with E-state index in [4.69, 9.17) is 0 Å². The van der Waals surface area contributed by atoms with Crippen molar-refractivity contribution in [3.63, 3.8) is 0 Å². The Kier molecular flexibility index (Phi) is 5.50. The van der Waals surface area contributed by atoms with E-state index in [1.54, 1.807) is 60.7 Å². The van der Waals surface area contributed by atoms with Crippen LogP contribution >= 0.6 is 0 Å². The first-order valence-corrected chi connectivity index (χ1v) is 8.49. The maximum Gasteiger partial charge on any atom is 0.206 e. The van der Waals surface area contributed by atoms with Crippen molar-refractivity contribution < 1.29 is 8.42 Å². The van der Waals surface area contributed by atoms with Gasteiger partial charge in [-0.05, 0) is 36.8 Å². The number of allylic oxidation sites excluding steroid dienone is 4. The summed E-state index contributed by atoms with van der Waals surface area (Å²) in [6, 6.07) is 18.1. The highest BCUT2D eigenvalue weighted by Gasteiger charge is 2.17. The molecule has 0 unspecified atom stereocenters. The molecule has 0 saturated heterocycles. The molecule has 3 heteroatoms. The van der Waals surface area contributed by atoms with Gasteiger partial charge >= 0.3 is 0 Å². The first-order valence-electron chi connectivity index (χ1n) is 7.01. The number of hydrogen-bond acceptors (Lipinski definition) is 2. The maximum absolute atomic E-state index is 12.7. The van der Waals surface area contributed by atoms with Crippen LogP contribution in [0.1, 0.15) is 12.5 Å². The molecule has 0 aliphatic heterocycles. The third kappa shape index (κ3) is 4.06. The van der Waals surface area contributed by atoms with Crippen molar-refractivity contribution >= 4 is 15.9 Å². The van der Waals surface area contributed by atoms with Gasteiger partial charge in [0.25, 0.3) is 0 Å². The van der Waals surface area contributed by atoms with Crippen molar-refractivity contribution in [2.75, 3.05) is 0 Å². The quantitative estimate of drug-likeness (QED) is 0.754. The Morgan fingerprint density at radius 3 is 2.09 bits per heavy atom. The fourth-order valence-electron chi connectivity index (χ4n) is 1.90. The number of hydrogen-bond donors (Lipinski definition) is 0. The van der Waals surface area contributed by atoms with Gasteiger partial charge in [-0.25, -0.2) is 8.42 Å². The number of rotatable bonds is 5. The monoisotopic (exact) mass is 310 g/mol. The molecule has 2 rings (SSSR count). The first-order chi connectivity index (χ1) is 10.6. The minimum absolute atomic E-state index is 0.264. The van der Waals surface area contributed by atoms with E-state index >= 15 is 0 Å². The highest BCUT2D eigenvalue weighted by atomic mass is 32.2. The van der Waals surface area contributed by atoms with Gasteiger partial charge in [-0.15, -0.1) is 0 Å². The van der Waals surface area contributed by atoms with E-state index in [1.165, 1.54) is 0 Å². The van der Waals surface area contributed by atoms with Crippen molar-refractivity contribution in [3.05, 3.63) is 95.4 Å². The Balaban J connectivity index is 2.42. The van der Waals surface area contributed by atoms with Gasteiger partial charge in [0.2, 0.25) is 9.84 Å². The molecule has 0 bridgehead atoms. The Morgan fingerprint density at radius 2 is 1.50 bits per heavy atom. The van der Waals surface area contributed by atoms with E-state index in [9.17, 15) is 8.42 Å². The van der Waals surface area contributed by atoms with E-state index < -0.39 is 9.84 Å². The summed E-state index contributed by atoms with van der Waals surface area (Å²) in [7, 11) is -3.52. The molecule has 0 spiro atoms. The molecule has 0 aliphatic rings. The van der Waals surface area contributed by atoms with Gasteiger partial charge in [-0.3, -0.25) is 0 Å². The lowest BCUT2D eigenvalue weighted by atomic mass is 10.2. The van der Waals surface area contributed by atoms with Gasteiger partial charge in [0.05, 0.1) is 9.80 Å². The Hall–Kier alpha value is -2.39. The van der Waals surface area contributed by atoms with Gasteiger partial charge < -0.3 is 0 Å². The molecular weight excluding hydrogens is 292 g/mol. The van der Waals surface area contributed by atoms with Crippen LogP contribution in [0, 0.1) is 0 Å². The standard InChI is InChI=1S/C19H18O2S/c1-2-3-12-19(16-15-17-10-6-4-7-11-17)22(20,21)18-13-8-5-9-14-18/h2-16H,1H3/b3-2+,16-15+,19-12+. The topological polar surface area (TPSA) is 34.1 Å². The van der Waals surface area contributed by atoms with Crippen molar-refractivity contribution in [3.8, 4) is 0 Å². The SMILES string of the molecule is C/C=C/C=C(\C=C\c1ccccc1)S(=O)(=O)c1ccccc1. The zero-order valence-electron chi connectivity index (χ0n) is 12.4. The van der Waals surface area contributed by atoms with E-state index in [-0.39, 0.29) is 4.91 Å². The van der Waals surface area contributed by atoms with E-state index in [2.05, 4.69) is 0 Å². The molecule has 112 valence electrons. The Morgan fingerprint density at radius 1 is 0.909 bits per heavy atom. The number of benzene rings is 2. The fourth-order valence-corrected chi connectivity index (χ4v) is 3.20. The molecule has 2 aromatic carbocycles. The summed E-state index contributed by atoms with van der Waals surface area (Å²) >= 11 is 0. The Bertz CT molecular complexity index is 784. The van der Waals surface area contributed by atoms with Crippen LogP contribution in [0.3, 0.4) is 0 Å². The van der Waals surface area contributed by atoms with E-state index in [0.29, 0.717) is 4.90 Å². The summed E-state index contributed by atoms with van der Waals surface area (Å²) in [5, 5.41) is 0. The highest BCUT2D eigenvalue weighted by Crippen LogP contribution is 2.21. The largest absolute Gasteiger partial charge is 0.219 e. The predicted molar refractivity (Wildman–Crippen MR) is 92.0 cm³/mol. The normalized spacial score (nSPS) is 13.0.